The molecule has 0 bridgehead atoms. The average molecular weight is 446 g/mol. The van der Waals surface area contributed by atoms with Crippen LogP contribution in [0.25, 0.3) is 0 Å². The number of carbonyl (C=O) groups is 1. The van der Waals surface area contributed by atoms with Gasteiger partial charge >= 0.3 is 0 Å². The quantitative estimate of drug-likeness (QED) is 0.453. The largest absolute Gasteiger partial charge is 0.459 e. The summed E-state index contributed by atoms with van der Waals surface area (Å²) in [7, 11) is 0. The van der Waals surface area contributed by atoms with Crippen molar-refractivity contribution in [3.63, 3.8) is 0 Å². The van der Waals surface area contributed by atoms with Crippen LogP contribution in [-0.2, 0) is 6.54 Å². The van der Waals surface area contributed by atoms with E-state index in [1.165, 1.54) is 18.4 Å². The molecule has 0 radical (unpaired) electrons. The molecule has 1 aliphatic rings. The Morgan fingerprint density at radius 1 is 0.970 bits per heavy atom. The Morgan fingerprint density at radius 2 is 1.73 bits per heavy atom. The third kappa shape index (κ3) is 4.54. The molecular formula is C24H23FN6O2. The highest BCUT2D eigenvalue weighted by atomic mass is 19.1. The lowest BCUT2D eigenvalue weighted by Crippen LogP contribution is -2.50. The molecule has 1 saturated heterocycles. The second-order valence-corrected chi connectivity index (χ2v) is 7.94. The molecule has 1 amide bonds. The minimum Gasteiger partial charge on any atom is -0.459 e. The monoisotopic (exact) mass is 446 g/mol. The fourth-order valence-electron chi connectivity index (χ4n) is 4.18. The molecule has 168 valence electrons. The van der Waals surface area contributed by atoms with Gasteiger partial charge in [0.15, 0.2) is 11.6 Å². The number of halogens is 1. The maximum Gasteiger partial charge on any atom is 0.289 e. The highest BCUT2D eigenvalue weighted by Gasteiger charge is 2.32. The third-order valence-electron chi connectivity index (χ3n) is 5.86. The van der Waals surface area contributed by atoms with E-state index in [2.05, 4.69) is 20.4 Å². The molecule has 0 saturated carbocycles. The van der Waals surface area contributed by atoms with Crippen molar-refractivity contribution in [3.05, 3.63) is 102 Å². The zero-order chi connectivity index (χ0) is 22.6. The van der Waals surface area contributed by atoms with Crippen LogP contribution in [0.1, 0.15) is 33.5 Å². The average Bonchev–Trinajstić information content (AvgIpc) is 3.54. The number of hydrogen-bond acceptors (Lipinski definition) is 6. The summed E-state index contributed by atoms with van der Waals surface area (Å²) >= 11 is 0. The summed E-state index contributed by atoms with van der Waals surface area (Å²) in [5, 5.41) is 12.5. The Balaban J connectivity index is 1.41. The van der Waals surface area contributed by atoms with E-state index in [0.717, 1.165) is 11.1 Å². The van der Waals surface area contributed by atoms with Crippen molar-refractivity contribution in [2.45, 2.75) is 12.6 Å². The maximum atomic E-state index is 13.7. The predicted molar refractivity (Wildman–Crippen MR) is 118 cm³/mol. The number of hydrogen-bond donors (Lipinski definition) is 0. The Hall–Kier alpha value is -3.85. The minimum atomic E-state index is -0.296. The molecular weight excluding hydrogens is 423 g/mol. The van der Waals surface area contributed by atoms with Gasteiger partial charge in [-0.3, -0.25) is 9.69 Å². The van der Waals surface area contributed by atoms with Crippen LogP contribution in [0.15, 0.2) is 77.4 Å². The lowest BCUT2D eigenvalue weighted by molar-refractivity contribution is 0.0559. The molecule has 0 aliphatic carbocycles. The van der Waals surface area contributed by atoms with Gasteiger partial charge in [0, 0.05) is 26.2 Å². The van der Waals surface area contributed by atoms with Crippen LogP contribution in [-0.4, -0.2) is 62.1 Å². The van der Waals surface area contributed by atoms with Gasteiger partial charge in [-0.1, -0.05) is 42.5 Å². The Bertz CT molecular complexity index is 1190. The molecule has 33 heavy (non-hydrogen) atoms. The van der Waals surface area contributed by atoms with Gasteiger partial charge in [-0.25, -0.2) is 9.07 Å². The molecule has 2 aromatic heterocycles. The van der Waals surface area contributed by atoms with Crippen molar-refractivity contribution >= 4 is 5.91 Å². The maximum absolute atomic E-state index is 13.7. The van der Waals surface area contributed by atoms with Crippen molar-refractivity contribution < 1.29 is 13.6 Å². The van der Waals surface area contributed by atoms with E-state index in [-0.39, 0.29) is 17.8 Å². The summed E-state index contributed by atoms with van der Waals surface area (Å²) in [5.41, 5.74) is 1.98. The van der Waals surface area contributed by atoms with Gasteiger partial charge in [-0.2, -0.15) is 0 Å². The third-order valence-corrected chi connectivity index (χ3v) is 5.86. The SMILES string of the molecule is O=C(c1ccco1)N1CCN([C@@H](c2ccc(F)cc2)c2nnnn2Cc2ccccc2)CC1. The number of benzene rings is 2. The molecule has 8 nitrogen and oxygen atoms in total. The summed E-state index contributed by atoms with van der Waals surface area (Å²) < 4.78 is 20.7. The van der Waals surface area contributed by atoms with Crippen LogP contribution in [0.5, 0.6) is 0 Å². The number of amides is 1. The number of piperazine rings is 1. The van der Waals surface area contributed by atoms with Crippen molar-refractivity contribution in [2.24, 2.45) is 0 Å². The van der Waals surface area contributed by atoms with Crippen molar-refractivity contribution in [1.29, 1.82) is 0 Å². The highest BCUT2D eigenvalue weighted by Crippen LogP contribution is 2.29. The normalized spacial score (nSPS) is 15.5. The summed E-state index contributed by atoms with van der Waals surface area (Å²) in [6.45, 7) is 2.84. The van der Waals surface area contributed by atoms with Gasteiger partial charge in [0.25, 0.3) is 5.91 Å². The Morgan fingerprint density at radius 3 is 2.42 bits per heavy atom. The topological polar surface area (TPSA) is 80.3 Å². The second kappa shape index (κ2) is 9.33. The molecule has 0 N–H and O–H groups in total. The van der Waals surface area contributed by atoms with E-state index in [0.29, 0.717) is 44.3 Å². The summed E-state index contributed by atoms with van der Waals surface area (Å²) in [6.07, 6.45) is 1.50. The van der Waals surface area contributed by atoms with E-state index in [9.17, 15) is 9.18 Å². The summed E-state index contributed by atoms with van der Waals surface area (Å²) in [6, 6.07) is 19.5. The smallest absolute Gasteiger partial charge is 0.289 e. The highest BCUT2D eigenvalue weighted by molar-refractivity contribution is 5.91. The van der Waals surface area contributed by atoms with Crippen LogP contribution < -0.4 is 0 Å². The van der Waals surface area contributed by atoms with Crippen LogP contribution in [0.3, 0.4) is 0 Å². The molecule has 3 heterocycles. The summed E-state index contributed by atoms with van der Waals surface area (Å²) in [4.78, 5) is 16.7. The molecule has 4 aromatic rings. The zero-order valence-electron chi connectivity index (χ0n) is 17.9. The standard InChI is InChI=1S/C24H23FN6O2/c25-20-10-8-19(9-11-20)22(23-26-27-28-31(23)17-18-5-2-1-3-6-18)29-12-14-30(15-13-29)24(32)21-7-4-16-33-21/h1-11,16,22H,12-15,17H2/t22-/m0/s1. The number of nitrogens with zero attached hydrogens (tertiary/aromatic N) is 6. The van der Waals surface area contributed by atoms with Crippen molar-refractivity contribution in [1.82, 2.24) is 30.0 Å². The van der Waals surface area contributed by atoms with Gasteiger partial charge in [0.1, 0.15) is 5.82 Å². The van der Waals surface area contributed by atoms with E-state index < -0.39 is 0 Å². The van der Waals surface area contributed by atoms with E-state index in [1.807, 2.05) is 30.3 Å². The molecule has 5 rings (SSSR count). The van der Waals surface area contributed by atoms with Gasteiger partial charge in [-0.15, -0.1) is 5.10 Å². The van der Waals surface area contributed by atoms with Gasteiger partial charge in [-0.05, 0) is 45.8 Å². The number of furan rings is 1. The van der Waals surface area contributed by atoms with E-state index in [4.69, 9.17) is 4.42 Å². The number of rotatable bonds is 6. The number of tetrazole rings is 1. The van der Waals surface area contributed by atoms with Gasteiger partial charge in [0.2, 0.25) is 0 Å². The molecule has 1 aliphatic heterocycles. The first-order chi connectivity index (χ1) is 16.2. The molecule has 9 heteroatoms. The minimum absolute atomic E-state index is 0.119. The summed E-state index contributed by atoms with van der Waals surface area (Å²) in [5.74, 6) is 0.601. The second-order valence-electron chi connectivity index (χ2n) is 7.94. The Labute approximate surface area is 190 Å². The molecule has 0 spiro atoms. The van der Waals surface area contributed by atoms with Crippen LogP contribution in [0.4, 0.5) is 4.39 Å². The lowest BCUT2D eigenvalue weighted by Gasteiger charge is -2.38. The lowest BCUT2D eigenvalue weighted by atomic mass is 10.0. The first kappa shape index (κ1) is 21.0. The van der Waals surface area contributed by atoms with Crippen LogP contribution in [0.2, 0.25) is 0 Å². The predicted octanol–water partition coefficient (Wildman–Crippen LogP) is 3.00. The fraction of sp³-hybridized carbons (Fsp3) is 0.250. The molecule has 0 unspecified atom stereocenters. The number of carbonyl (C=O) groups excluding carboxylic acids is 1. The molecule has 2 aromatic carbocycles. The first-order valence-corrected chi connectivity index (χ1v) is 10.8. The molecule has 1 fully saturated rings. The van der Waals surface area contributed by atoms with Gasteiger partial charge < -0.3 is 9.32 Å². The first-order valence-electron chi connectivity index (χ1n) is 10.8. The Kier molecular flexibility index (Phi) is 5.95. The van der Waals surface area contributed by atoms with Crippen molar-refractivity contribution in [3.8, 4) is 0 Å². The fourth-order valence-corrected chi connectivity index (χ4v) is 4.18. The van der Waals surface area contributed by atoms with Crippen molar-refractivity contribution in [2.75, 3.05) is 26.2 Å². The molecule has 1 atom stereocenters. The zero-order valence-corrected chi connectivity index (χ0v) is 17.9. The van der Waals surface area contributed by atoms with Gasteiger partial charge in [0.05, 0.1) is 18.8 Å². The van der Waals surface area contributed by atoms with E-state index >= 15 is 0 Å². The van der Waals surface area contributed by atoms with Crippen LogP contribution >= 0.6 is 0 Å². The van der Waals surface area contributed by atoms with E-state index in [1.54, 1.807) is 33.8 Å². The van der Waals surface area contributed by atoms with Crippen LogP contribution in [0, 0.1) is 5.82 Å². The number of aromatic nitrogens is 4.